The number of morpholine rings is 1. The molecular weight excluding hydrogens is 244 g/mol. The van der Waals surface area contributed by atoms with Gasteiger partial charge in [0.25, 0.3) is 0 Å². The number of rotatable bonds is 4. The number of carbonyl (C=O) groups is 1. The molecule has 104 valence electrons. The average molecular weight is 264 g/mol. The van der Waals surface area contributed by atoms with Gasteiger partial charge in [0, 0.05) is 18.8 Å². The van der Waals surface area contributed by atoms with Gasteiger partial charge >= 0.3 is 5.97 Å². The second-order valence-electron chi connectivity index (χ2n) is 4.89. The van der Waals surface area contributed by atoms with Crippen molar-refractivity contribution in [1.82, 2.24) is 4.98 Å². The average Bonchev–Trinajstić information content (AvgIpc) is 2.38. The van der Waals surface area contributed by atoms with Gasteiger partial charge in [-0.2, -0.15) is 0 Å². The minimum absolute atomic E-state index is 0.152. The predicted octanol–water partition coefficient (Wildman–Crippen LogP) is 1.96. The molecule has 0 bridgehead atoms. The number of anilines is 1. The Balaban J connectivity index is 2.29. The highest BCUT2D eigenvalue weighted by molar-refractivity contribution is 5.88. The van der Waals surface area contributed by atoms with Crippen LogP contribution in [0.15, 0.2) is 12.1 Å². The highest BCUT2D eigenvalue weighted by Gasteiger charge is 2.19. The van der Waals surface area contributed by atoms with Gasteiger partial charge in [0.05, 0.1) is 18.3 Å². The highest BCUT2D eigenvalue weighted by atomic mass is 16.5. The second-order valence-corrected chi connectivity index (χ2v) is 4.89. The summed E-state index contributed by atoms with van der Waals surface area (Å²) in [4.78, 5) is 17.9. The summed E-state index contributed by atoms with van der Waals surface area (Å²) >= 11 is 0. The summed E-state index contributed by atoms with van der Waals surface area (Å²) in [7, 11) is 0. The Bertz CT molecular complexity index is 462. The summed E-state index contributed by atoms with van der Waals surface area (Å²) in [5, 5.41) is 9.18. The maximum Gasteiger partial charge on any atom is 0.335 e. The third kappa shape index (κ3) is 3.44. The molecule has 0 radical (unpaired) electrons. The van der Waals surface area contributed by atoms with E-state index in [2.05, 4.69) is 16.8 Å². The van der Waals surface area contributed by atoms with Crippen LogP contribution < -0.4 is 4.90 Å². The Morgan fingerprint density at radius 1 is 1.58 bits per heavy atom. The summed E-state index contributed by atoms with van der Waals surface area (Å²) in [6, 6.07) is 3.32. The van der Waals surface area contributed by atoms with Crippen molar-refractivity contribution in [2.24, 2.45) is 0 Å². The van der Waals surface area contributed by atoms with Crippen molar-refractivity contribution < 1.29 is 14.6 Å². The molecule has 1 aromatic rings. The van der Waals surface area contributed by atoms with Gasteiger partial charge < -0.3 is 14.7 Å². The largest absolute Gasteiger partial charge is 0.478 e. The second kappa shape index (κ2) is 6.02. The van der Waals surface area contributed by atoms with Crippen molar-refractivity contribution >= 4 is 11.8 Å². The summed E-state index contributed by atoms with van der Waals surface area (Å²) in [5.41, 5.74) is 1.16. The van der Waals surface area contributed by atoms with Crippen LogP contribution in [0.25, 0.3) is 0 Å². The summed E-state index contributed by atoms with van der Waals surface area (Å²) in [6.45, 7) is 6.24. The van der Waals surface area contributed by atoms with E-state index >= 15 is 0 Å². The Morgan fingerprint density at radius 3 is 3.00 bits per heavy atom. The van der Waals surface area contributed by atoms with Gasteiger partial charge in [0.15, 0.2) is 0 Å². The van der Waals surface area contributed by atoms with E-state index in [9.17, 15) is 9.90 Å². The number of aromatic carboxylic acids is 1. The van der Waals surface area contributed by atoms with Gasteiger partial charge in [-0.25, -0.2) is 9.78 Å². The number of hydrogen-bond donors (Lipinski definition) is 1. The van der Waals surface area contributed by atoms with E-state index in [1.165, 1.54) is 0 Å². The van der Waals surface area contributed by atoms with E-state index < -0.39 is 5.97 Å². The summed E-state index contributed by atoms with van der Waals surface area (Å²) in [5.74, 6) is -0.152. The number of nitrogens with zero attached hydrogens (tertiary/aromatic N) is 2. The molecule has 0 spiro atoms. The van der Waals surface area contributed by atoms with Crippen molar-refractivity contribution in [2.45, 2.75) is 32.8 Å². The van der Waals surface area contributed by atoms with Gasteiger partial charge in [-0.3, -0.25) is 0 Å². The molecule has 2 heterocycles. The van der Waals surface area contributed by atoms with Crippen LogP contribution in [0.3, 0.4) is 0 Å². The van der Waals surface area contributed by atoms with Crippen molar-refractivity contribution in [1.29, 1.82) is 0 Å². The molecule has 2 rings (SSSR count). The Morgan fingerprint density at radius 2 is 2.37 bits per heavy atom. The third-order valence-corrected chi connectivity index (χ3v) is 3.18. The molecule has 1 unspecified atom stereocenters. The molecule has 1 fully saturated rings. The lowest BCUT2D eigenvalue weighted by Crippen LogP contribution is -2.41. The van der Waals surface area contributed by atoms with Crippen molar-refractivity contribution in [2.75, 3.05) is 24.6 Å². The molecule has 0 aliphatic carbocycles. The van der Waals surface area contributed by atoms with Crippen molar-refractivity contribution in [3.63, 3.8) is 0 Å². The molecule has 5 nitrogen and oxygen atoms in total. The van der Waals surface area contributed by atoms with Crippen LogP contribution in [-0.4, -0.2) is 41.9 Å². The fraction of sp³-hybridized carbons (Fsp3) is 0.571. The van der Waals surface area contributed by atoms with Crippen LogP contribution >= 0.6 is 0 Å². The zero-order valence-electron chi connectivity index (χ0n) is 11.4. The first-order chi connectivity index (χ1) is 9.10. The minimum Gasteiger partial charge on any atom is -0.478 e. The topological polar surface area (TPSA) is 62.7 Å². The lowest BCUT2D eigenvalue weighted by atomic mass is 10.1. The zero-order valence-corrected chi connectivity index (χ0v) is 11.4. The fourth-order valence-corrected chi connectivity index (χ4v) is 2.27. The highest BCUT2D eigenvalue weighted by Crippen LogP contribution is 2.19. The molecule has 1 aliphatic heterocycles. The van der Waals surface area contributed by atoms with E-state index in [0.717, 1.165) is 37.4 Å². The molecular formula is C14H20N2O3. The van der Waals surface area contributed by atoms with Gasteiger partial charge in [0.2, 0.25) is 0 Å². The SMILES string of the molecule is CCCc1cc(C(=O)O)cc(N2CCOC(C)C2)n1. The monoisotopic (exact) mass is 264 g/mol. The Kier molecular flexibility index (Phi) is 4.37. The zero-order chi connectivity index (χ0) is 13.8. The molecule has 1 aliphatic rings. The van der Waals surface area contributed by atoms with Gasteiger partial charge in [-0.15, -0.1) is 0 Å². The lowest BCUT2D eigenvalue weighted by molar-refractivity contribution is 0.0529. The van der Waals surface area contributed by atoms with Crippen molar-refractivity contribution in [3.8, 4) is 0 Å². The first-order valence-electron chi connectivity index (χ1n) is 6.71. The molecule has 0 amide bonds. The van der Waals surface area contributed by atoms with E-state index in [-0.39, 0.29) is 6.10 Å². The molecule has 0 aromatic carbocycles. The fourth-order valence-electron chi connectivity index (χ4n) is 2.27. The van der Waals surface area contributed by atoms with E-state index in [1.807, 2.05) is 6.92 Å². The van der Waals surface area contributed by atoms with Crippen LogP contribution in [0.2, 0.25) is 0 Å². The number of carboxylic acids is 1. The van der Waals surface area contributed by atoms with Crippen LogP contribution in [0.4, 0.5) is 5.82 Å². The number of ether oxygens (including phenoxy) is 1. The van der Waals surface area contributed by atoms with E-state index in [1.54, 1.807) is 12.1 Å². The smallest absolute Gasteiger partial charge is 0.335 e. The third-order valence-electron chi connectivity index (χ3n) is 3.18. The molecule has 1 aromatic heterocycles. The van der Waals surface area contributed by atoms with E-state index in [0.29, 0.717) is 12.2 Å². The number of hydrogen-bond acceptors (Lipinski definition) is 4. The first kappa shape index (κ1) is 13.8. The number of pyridine rings is 1. The number of aryl methyl sites for hydroxylation is 1. The Labute approximate surface area is 113 Å². The van der Waals surface area contributed by atoms with Crippen LogP contribution in [0.1, 0.15) is 36.3 Å². The lowest BCUT2D eigenvalue weighted by Gasteiger charge is -2.32. The van der Waals surface area contributed by atoms with Crippen LogP contribution in [0.5, 0.6) is 0 Å². The number of carboxylic acid groups (broad SMARTS) is 1. The first-order valence-corrected chi connectivity index (χ1v) is 6.71. The molecule has 19 heavy (non-hydrogen) atoms. The standard InChI is InChI=1S/C14H20N2O3/c1-3-4-12-7-11(14(17)18)8-13(15-12)16-5-6-19-10(2)9-16/h7-8,10H,3-6,9H2,1-2H3,(H,17,18). The minimum atomic E-state index is -0.901. The molecule has 1 saturated heterocycles. The normalized spacial score (nSPS) is 19.5. The quantitative estimate of drug-likeness (QED) is 0.900. The molecule has 5 heteroatoms. The number of aromatic nitrogens is 1. The summed E-state index contributed by atoms with van der Waals surface area (Å²) in [6.07, 6.45) is 1.90. The maximum atomic E-state index is 11.2. The van der Waals surface area contributed by atoms with Crippen LogP contribution in [-0.2, 0) is 11.2 Å². The molecule has 1 atom stereocenters. The van der Waals surface area contributed by atoms with Gasteiger partial charge in [-0.05, 0) is 25.5 Å². The Hall–Kier alpha value is -1.62. The van der Waals surface area contributed by atoms with Crippen molar-refractivity contribution in [3.05, 3.63) is 23.4 Å². The maximum absolute atomic E-state index is 11.2. The summed E-state index contributed by atoms with van der Waals surface area (Å²) < 4.78 is 5.50. The van der Waals surface area contributed by atoms with Gasteiger partial charge in [-0.1, -0.05) is 13.3 Å². The van der Waals surface area contributed by atoms with Crippen LogP contribution in [0, 0.1) is 0 Å². The molecule has 1 N–H and O–H groups in total. The predicted molar refractivity (Wildman–Crippen MR) is 72.8 cm³/mol. The van der Waals surface area contributed by atoms with Gasteiger partial charge in [0.1, 0.15) is 5.82 Å². The molecule has 0 saturated carbocycles. The van der Waals surface area contributed by atoms with E-state index in [4.69, 9.17) is 4.74 Å².